The first kappa shape index (κ1) is 19.2. The van der Waals surface area contributed by atoms with Gasteiger partial charge >= 0.3 is 0 Å². The fourth-order valence-corrected chi connectivity index (χ4v) is 6.15. The summed E-state index contributed by atoms with van der Waals surface area (Å²) >= 11 is 0. The van der Waals surface area contributed by atoms with Crippen LogP contribution in [0.2, 0.25) is 0 Å². The van der Waals surface area contributed by atoms with Crippen LogP contribution in [-0.4, -0.2) is 37.2 Å². The first-order valence-electron chi connectivity index (χ1n) is 9.25. The first-order chi connectivity index (χ1) is 12.2. The van der Waals surface area contributed by atoms with Crippen molar-refractivity contribution in [1.29, 1.82) is 0 Å². The fourth-order valence-electron chi connectivity index (χ4n) is 4.10. The third kappa shape index (κ3) is 3.60. The molecule has 5 heteroatoms. The van der Waals surface area contributed by atoms with Crippen molar-refractivity contribution in [3.8, 4) is 5.75 Å². The van der Waals surface area contributed by atoms with Crippen molar-refractivity contribution in [2.24, 2.45) is 0 Å². The Morgan fingerprint density at radius 3 is 2.58 bits per heavy atom. The van der Waals surface area contributed by atoms with Gasteiger partial charge in [-0.15, -0.1) is 0 Å². The average molecular weight is 377 g/mol. The molecule has 1 N–H and O–H groups in total. The molecular weight excluding hydrogens is 348 g/mol. The lowest BCUT2D eigenvalue weighted by molar-refractivity contribution is 0.117. The summed E-state index contributed by atoms with van der Waals surface area (Å²) in [6, 6.07) is 3.96. The van der Waals surface area contributed by atoms with Gasteiger partial charge < -0.3 is 9.84 Å². The Balaban J connectivity index is 1.71. The van der Waals surface area contributed by atoms with E-state index in [-0.39, 0.29) is 11.9 Å². The molecule has 0 radical (unpaired) electrons. The first-order valence-corrected chi connectivity index (χ1v) is 11.0. The van der Waals surface area contributed by atoms with Gasteiger partial charge in [0.1, 0.15) is 11.0 Å². The molecule has 142 valence electrons. The van der Waals surface area contributed by atoms with Gasteiger partial charge in [0, 0.05) is 0 Å². The van der Waals surface area contributed by atoms with E-state index in [1.165, 1.54) is 5.57 Å². The molecule has 2 atom stereocenters. The van der Waals surface area contributed by atoms with E-state index >= 15 is 0 Å². The van der Waals surface area contributed by atoms with E-state index in [0.29, 0.717) is 12.4 Å². The monoisotopic (exact) mass is 376 g/mol. The highest BCUT2D eigenvalue weighted by Crippen LogP contribution is 2.39. The van der Waals surface area contributed by atoms with Gasteiger partial charge in [0.25, 0.3) is 0 Å². The zero-order valence-corrected chi connectivity index (χ0v) is 16.8. The van der Waals surface area contributed by atoms with E-state index in [0.717, 1.165) is 47.1 Å². The smallest absolute Gasteiger partial charge is 0.163 e. The second kappa shape index (κ2) is 7.20. The Morgan fingerprint density at radius 1 is 1.31 bits per heavy atom. The van der Waals surface area contributed by atoms with Gasteiger partial charge in [0.15, 0.2) is 9.84 Å². The number of sulfone groups is 1. The van der Waals surface area contributed by atoms with Crippen LogP contribution in [0.15, 0.2) is 28.9 Å². The Kier molecular flexibility index (Phi) is 5.31. The highest BCUT2D eigenvalue weighted by molar-refractivity contribution is 7.92. The van der Waals surface area contributed by atoms with Crippen molar-refractivity contribution in [3.63, 3.8) is 0 Å². The molecule has 1 fully saturated rings. The van der Waals surface area contributed by atoms with Crippen LogP contribution in [-0.2, 0) is 14.6 Å². The SMILES string of the molecule is CCC1=C2[C@@H](CC/C(C)=C/c3cc(C)c(O)c(C)c3)OC[C@@H]2S(=O)(=O)C1. The molecule has 0 unspecified atom stereocenters. The maximum Gasteiger partial charge on any atom is 0.163 e. The van der Waals surface area contributed by atoms with Crippen LogP contribution >= 0.6 is 0 Å². The van der Waals surface area contributed by atoms with Gasteiger partial charge in [0.2, 0.25) is 0 Å². The lowest BCUT2D eigenvalue weighted by Gasteiger charge is -2.13. The molecule has 0 aromatic heterocycles. The molecule has 0 amide bonds. The van der Waals surface area contributed by atoms with E-state index in [4.69, 9.17) is 4.74 Å². The summed E-state index contributed by atoms with van der Waals surface area (Å²) in [6.45, 7) is 8.23. The van der Waals surface area contributed by atoms with E-state index in [1.54, 1.807) is 0 Å². The lowest BCUT2D eigenvalue weighted by atomic mass is 9.96. The summed E-state index contributed by atoms with van der Waals surface area (Å²) in [7, 11) is -3.06. The van der Waals surface area contributed by atoms with Crippen molar-refractivity contribution < 1.29 is 18.3 Å². The highest BCUT2D eigenvalue weighted by atomic mass is 32.2. The van der Waals surface area contributed by atoms with Crippen molar-refractivity contribution in [2.75, 3.05) is 12.4 Å². The standard InChI is InChI=1S/C21H28O4S/c1-5-17-12-26(23,24)19-11-25-18(20(17)19)7-6-13(2)8-16-9-14(3)21(22)15(4)10-16/h8-10,18-19,22H,5-7,11-12H2,1-4H3/b13-8+/t18-,19+/m1/s1. The topological polar surface area (TPSA) is 63.6 Å². The van der Waals surface area contributed by atoms with Gasteiger partial charge in [-0.3, -0.25) is 0 Å². The summed E-state index contributed by atoms with van der Waals surface area (Å²) in [6.07, 6.45) is 4.51. The average Bonchev–Trinajstić information content (AvgIpc) is 3.10. The predicted molar refractivity (Wildman–Crippen MR) is 105 cm³/mol. The van der Waals surface area contributed by atoms with Crippen LogP contribution in [0.25, 0.3) is 6.08 Å². The van der Waals surface area contributed by atoms with E-state index in [9.17, 15) is 13.5 Å². The lowest BCUT2D eigenvalue weighted by Crippen LogP contribution is -2.19. The summed E-state index contributed by atoms with van der Waals surface area (Å²) in [5.74, 6) is 0.566. The molecule has 0 spiro atoms. The second-order valence-corrected chi connectivity index (χ2v) is 9.75. The molecule has 1 saturated heterocycles. The summed E-state index contributed by atoms with van der Waals surface area (Å²) < 4.78 is 30.4. The minimum absolute atomic E-state index is 0.0705. The van der Waals surface area contributed by atoms with E-state index in [1.807, 2.05) is 32.9 Å². The zero-order valence-electron chi connectivity index (χ0n) is 16.0. The van der Waals surface area contributed by atoms with E-state index < -0.39 is 15.1 Å². The molecule has 3 rings (SSSR count). The number of benzene rings is 1. The number of fused-ring (bicyclic) bond motifs is 1. The maximum absolute atomic E-state index is 12.3. The summed E-state index contributed by atoms with van der Waals surface area (Å²) in [4.78, 5) is 0. The zero-order chi connectivity index (χ0) is 19.1. The second-order valence-electron chi connectivity index (χ2n) is 7.56. The molecule has 0 aliphatic carbocycles. The van der Waals surface area contributed by atoms with Gasteiger partial charge in [-0.1, -0.05) is 24.1 Å². The van der Waals surface area contributed by atoms with Crippen LogP contribution in [0.4, 0.5) is 0 Å². The molecule has 2 heterocycles. The minimum atomic E-state index is -3.06. The number of hydrogen-bond donors (Lipinski definition) is 1. The van der Waals surface area contributed by atoms with Crippen molar-refractivity contribution >= 4 is 15.9 Å². The molecule has 1 aromatic rings. The van der Waals surface area contributed by atoms with Crippen LogP contribution < -0.4 is 0 Å². The third-order valence-electron chi connectivity index (χ3n) is 5.51. The number of phenols is 1. The van der Waals surface area contributed by atoms with Gasteiger partial charge in [-0.2, -0.15) is 0 Å². The Labute approximate surface area is 156 Å². The molecule has 0 saturated carbocycles. The fraction of sp³-hybridized carbons (Fsp3) is 0.524. The summed E-state index contributed by atoms with van der Waals surface area (Å²) in [5.41, 5.74) is 6.15. The number of allylic oxidation sites excluding steroid dienone is 1. The number of rotatable bonds is 5. The van der Waals surface area contributed by atoms with Crippen LogP contribution in [0, 0.1) is 13.8 Å². The van der Waals surface area contributed by atoms with Gasteiger partial charge in [-0.25, -0.2) is 8.42 Å². The quantitative estimate of drug-likeness (QED) is 0.786. The largest absolute Gasteiger partial charge is 0.507 e. The highest BCUT2D eigenvalue weighted by Gasteiger charge is 2.46. The Bertz CT molecular complexity index is 854. The molecule has 2 aliphatic heterocycles. The normalized spacial score (nSPS) is 25.0. The maximum atomic E-state index is 12.3. The molecule has 2 aliphatic rings. The van der Waals surface area contributed by atoms with Crippen molar-refractivity contribution in [1.82, 2.24) is 0 Å². The number of aryl methyl sites for hydroxylation is 2. The van der Waals surface area contributed by atoms with Crippen LogP contribution in [0.1, 0.15) is 49.8 Å². The van der Waals surface area contributed by atoms with Crippen molar-refractivity contribution in [2.45, 2.75) is 58.3 Å². The number of hydrogen-bond acceptors (Lipinski definition) is 4. The van der Waals surface area contributed by atoms with E-state index in [2.05, 4.69) is 13.0 Å². The summed E-state index contributed by atoms with van der Waals surface area (Å²) in [5, 5.41) is 9.49. The van der Waals surface area contributed by atoms with Crippen LogP contribution in [0.5, 0.6) is 5.75 Å². The molecule has 1 aromatic carbocycles. The van der Waals surface area contributed by atoms with Gasteiger partial charge in [-0.05, 0) is 74.4 Å². The minimum Gasteiger partial charge on any atom is -0.507 e. The number of phenolic OH excluding ortho intramolecular Hbond substituents is 1. The predicted octanol–water partition coefficient (Wildman–Crippen LogP) is 4.09. The third-order valence-corrected chi connectivity index (χ3v) is 7.52. The molecule has 4 nitrogen and oxygen atoms in total. The number of aromatic hydroxyl groups is 1. The van der Waals surface area contributed by atoms with Gasteiger partial charge in [0.05, 0.1) is 18.5 Å². The van der Waals surface area contributed by atoms with Crippen molar-refractivity contribution in [3.05, 3.63) is 45.5 Å². The molecular formula is C21H28O4S. The molecule has 26 heavy (non-hydrogen) atoms. The Hall–Kier alpha value is -1.59. The number of ether oxygens (including phenoxy) is 1. The molecule has 0 bridgehead atoms. The Morgan fingerprint density at radius 2 is 1.96 bits per heavy atom. The van der Waals surface area contributed by atoms with Crippen LogP contribution in [0.3, 0.4) is 0 Å².